The number of esters is 1. The predicted octanol–water partition coefficient (Wildman–Crippen LogP) is 5.32. The summed E-state index contributed by atoms with van der Waals surface area (Å²) >= 11 is 13.0. The molecule has 7 nitrogen and oxygen atoms in total. The van der Waals surface area contributed by atoms with Crippen molar-refractivity contribution in [2.75, 3.05) is 11.9 Å². The van der Waals surface area contributed by atoms with Crippen LogP contribution in [0.2, 0.25) is 10.0 Å². The molecule has 2 aromatic heterocycles. The van der Waals surface area contributed by atoms with Gasteiger partial charge < -0.3 is 10.1 Å². The van der Waals surface area contributed by atoms with Gasteiger partial charge in [0.15, 0.2) is 5.69 Å². The highest BCUT2D eigenvalue weighted by atomic mass is 35.5. The number of halogens is 3. The Labute approximate surface area is 200 Å². The van der Waals surface area contributed by atoms with Gasteiger partial charge >= 0.3 is 5.97 Å². The normalized spacial score (nSPS) is 10.9. The van der Waals surface area contributed by atoms with Crippen molar-refractivity contribution in [1.29, 1.82) is 0 Å². The van der Waals surface area contributed by atoms with E-state index in [0.29, 0.717) is 5.02 Å². The van der Waals surface area contributed by atoms with Crippen LogP contribution in [0.15, 0.2) is 52.6 Å². The molecule has 1 amide bonds. The van der Waals surface area contributed by atoms with Crippen LogP contribution in [0.3, 0.4) is 0 Å². The molecule has 11 heteroatoms. The van der Waals surface area contributed by atoms with Crippen LogP contribution in [-0.2, 0) is 4.74 Å². The molecule has 0 bridgehead atoms. The molecule has 0 fully saturated rings. The Hall–Kier alpha value is -3.27. The molecule has 0 unspecified atom stereocenters. The first-order chi connectivity index (χ1) is 15.8. The van der Waals surface area contributed by atoms with E-state index in [-0.39, 0.29) is 44.3 Å². The van der Waals surface area contributed by atoms with E-state index >= 15 is 0 Å². The van der Waals surface area contributed by atoms with Crippen LogP contribution in [0.1, 0.15) is 27.8 Å². The van der Waals surface area contributed by atoms with Gasteiger partial charge in [0.2, 0.25) is 0 Å². The highest BCUT2D eigenvalue weighted by Crippen LogP contribution is 2.32. The number of hydrogen-bond acceptors (Lipinski definition) is 6. The summed E-state index contributed by atoms with van der Waals surface area (Å²) in [5.41, 5.74) is -0.922. The molecule has 4 aromatic rings. The molecule has 4 rings (SSSR count). The number of amides is 1. The fourth-order valence-corrected chi connectivity index (χ4v) is 4.55. The van der Waals surface area contributed by atoms with Crippen LogP contribution in [0.4, 0.5) is 9.39 Å². The van der Waals surface area contributed by atoms with Gasteiger partial charge in [0.25, 0.3) is 11.5 Å². The molecule has 168 valence electrons. The number of anilines is 1. The predicted molar refractivity (Wildman–Crippen MR) is 126 cm³/mol. The highest BCUT2D eigenvalue weighted by Gasteiger charge is 2.24. The van der Waals surface area contributed by atoms with Crippen LogP contribution in [0.25, 0.3) is 16.5 Å². The van der Waals surface area contributed by atoms with Crippen molar-refractivity contribution < 1.29 is 18.7 Å². The minimum atomic E-state index is -0.788. The average Bonchev–Trinajstić information content (AvgIpc) is 3.19. The Bertz CT molecular complexity index is 1470. The van der Waals surface area contributed by atoms with E-state index in [9.17, 15) is 18.8 Å². The molecule has 2 heterocycles. The third kappa shape index (κ3) is 4.35. The number of benzene rings is 2. The molecular formula is C22H14Cl2FN3O4S. The molecule has 0 saturated carbocycles. The van der Waals surface area contributed by atoms with Crippen molar-refractivity contribution in [2.45, 2.75) is 6.92 Å². The summed E-state index contributed by atoms with van der Waals surface area (Å²) in [6.45, 7) is 1.70. The zero-order chi connectivity index (χ0) is 23.7. The number of carbonyl (C=O) groups is 2. The van der Waals surface area contributed by atoms with E-state index in [4.69, 9.17) is 27.9 Å². The summed E-state index contributed by atoms with van der Waals surface area (Å²) in [4.78, 5) is 38.7. The zero-order valence-electron chi connectivity index (χ0n) is 16.9. The van der Waals surface area contributed by atoms with E-state index in [0.717, 1.165) is 22.1 Å². The first-order valence-corrected chi connectivity index (χ1v) is 11.2. The molecule has 0 atom stereocenters. The lowest BCUT2D eigenvalue weighted by Crippen LogP contribution is -2.26. The van der Waals surface area contributed by atoms with E-state index in [1.807, 2.05) is 0 Å². The van der Waals surface area contributed by atoms with Gasteiger partial charge in [-0.25, -0.2) is 9.18 Å². The Balaban J connectivity index is 1.90. The topological polar surface area (TPSA) is 90.3 Å². The monoisotopic (exact) mass is 505 g/mol. The number of carbonyl (C=O) groups excluding carboxylic acids is 2. The lowest BCUT2D eigenvalue weighted by Gasteiger charge is -2.10. The van der Waals surface area contributed by atoms with Gasteiger partial charge in [0.1, 0.15) is 16.5 Å². The summed E-state index contributed by atoms with van der Waals surface area (Å²) in [5, 5.41) is 9.00. The summed E-state index contributed by atoms with van der Waals surface area (Å²) in [5.74, 6) is -2.09. The van der Waals surface area contributed by atoms with Gasteiger partial charge in [-0.2, -0.15) is 9.78 Å². The van der Waals surface area contributed by atoms with Crippen molar-refractivity contribution >= 4 is 62.2 Å². The fourth-order valence-electron chi connectivity index (χ4n) is 3.12. The number of para-hydroxylation sites is 1. The molecule has 2 aromatic carbocycles. The maximum atomic E-state index is 14.5. The molecule has 0 aliphatic carbocycles. The molecular weight excluding hydrogens is 492 g/mol. The van der Waals surface area contributed by atoms with Crippen LogP contribution in [0.5, 0.6) is 0 Å². The van der Waals surface area contributed by atoms with Gasteiger partial charge in [-0.15, -0.1) is 11.3 Å². The molecule has 0 spiro atoms. The number of nitrogens with zero attached hydrogens (tertiary/aromatic N) is 2. The van der Waals surface area contributed by atoms with Gasteiger partial charge in [0.05, 0.1) is 22.6 Å². The number of aromatic nitrogens is 2. The zero-order valence-corrected chi connectivity index (χ0v) is 19.2. The van der Waals surface area contributed by atoms with Crippen LogP contribution in [-0.4, -0.2) is 28.3 Å². The summed E-state index contributed by atoms with van der Waals surface area (Å²) < 4.78 is 20.3. The minimum absolute atomic E-state index is 0.0141. The summed E-state index contributed by atoms with van der Waals surface area (Å²) in [6, 6.07) is 9.86. The minimum Gasteiger partial charge on any atom is -0.461 e. The number of thiophene rings is 1. The Morgan fingerprint density at radius 3 is 2.67 bits per heavy atom. The van der Waals surface area contributed by atoms with Crippen molar-refractivity contribution in [2.24, 2.45) is 0 Å². The van der Waals surface area contributed by atoms with E-state index < -0.39 is 23.3 Å². The van der Waals surface area contributed by atoms with Crippen LogP contribution >= 0.6 is 34.5 Å². The number of rotatable bonds is 5. The second-order valence-electron chi connectivity index (χ2n) is 6.67. The third-order valence-corrected chi connectivity index (χ3v) is 6.05. The second-order valence-corrected chi connectivity index (χ2v) is 8.39. The Morgan fingerprint density at radius 1 is 1.21 bits per heavy atom. The van der Waals surface area contributed by atoms with Crippen molar-refractivity contribution in [1.82, 2.24) is 9.78 Å². The number of fused-ring (bicyclic) bond motifs is 1. The maximum Gasteiger partial charge on any atom is 0.359 e. The standard InChI is InChI=1S/C22H14Cl2FN3O4S/c1-2-32-22(31)18-13-10-33-20(26-19(29)12-8-7-11(23)9-14(12)24)17(13)21(30)28(27-18)16-6-4-3-5-15(16)25/h3-10H,2H2,1H3,(H,26,29). The van der Waals surface area contributed by atoms with Gasteiger partial charge in [-0.05, 0) is 37.3 Å². The number of nitrogens with one attached hydrogen (secondary N) is 1. The van der Waals surface area contributed by atoms with E-state index in [1.165, 1.54) is 41.8 Å². The average molecular weight is 506 g/mol. The van der Waals surface area contributed by atoms with E-state index in [1.54, 1.807) is 6.92 Å². The lowest BCUT2D eigenvalue weighted by molar-refractivity contribution is 0.0519. The van der Waals surface area contributed by atoms with Crippen LogP contribution < -0.4 is 10.9 Å². The smallest absolute Gasteiger partial charge is 0.359 e. The lowest BCUT2D eigenvalue weighted by atomic mass is 10.2. The third-order valence-electron chi connectivity index (χ3n) is 4.60. The highest BCUT2D eigenvalue weighted by molar-refractivity contribution is 7.16. The van der Waals surface area contributed by atoms with Crippen LogP contribution in [0, 0.1) is 5.82 Å². The molecule has 0 aliphatic heterocycles. The SMILES string of the molecule is CCOC(=O)c1nn(-c2ccccc2F)c(=O)c2c(NC(=O)c3ccc(Cl)cc3Cl)scc12. The molecule has 0 saturated heterocycles. The quantitative estimate of drug-likeness (QED) is 0.370. The first-order valence-electron chi connectivity index (χ1n) is 9.54. The largest absolute Gasteiger partial charge is 0.461 e. The first kappa shape index (κ1) is 22.9. The van der Waals surface area contributed by atoms with Crippen molar-refractivity contribution in [3.8, 4) is 5.69 Å². The molecule has 0 aliphatic rings. The Kier molecular flexibility index (Phi) is 6.46. The fraction of sp³-hybridized carbons (Fsp3) is 0.0909. The summed E-state index contributed by atoms with van der Waals surface area (Å²) in [6.07, 6.45) is 0. The molecule has 1 N–H and O–H groups in total. The Morgan fingerprint density at radius 2 is 1.97 bits per heavy atom. The molecule has 33 heavy (non-hydrogen) atoms. The van der Waals surface area contributed by atoms with Gasteiger partial charge in [0, 0.05) is 15.8 Å². The molecule has 0 radical (unpaired) electrons. The van der Waals surface area contributed by atoms with E-state index in [2.05, 4.69) is 10.4 Å². The van der Waals surface area contributed by atoms with Crippen molar-refractivity contribution in [3.05, 3.63) is 85.3 Å². The number of hydrogen-bond donors (Lipinski definition) is 1. The second kappa shape index (κ2) is 9.30. The maximum absolute atomic E-state index is 14.5. The van der Waals surface area contributed by atoms with Crippen molar-refractivity contribution in [3.63, 3.8) is 0 Å². The van der Waals surface area contributed by atoms with Gasteiger partial charge in [-0.3, -0.25) is 9.59 Å². The van der Waals surface area contributed by atoms with Gasteiger partial charge in [-0.1, -0.05) is 35.3 Å². The number of ether oxygens (including phenoxy) is 1. The summed E-state index contributed by atoms with van der Waals surface area (Å²) in [7, 11) is 0.